The van der Waals surface area contributed by atoms with E-state index in [0.29, 0.717) is 30.2 Å². The lowest BCUT2D eigenvalue weighted by Crippen LogP contribution is -2.46. The number of hydrogen-bond acceptors (Lipinski definition) is 11. The van der Waals surface area contributed by atoms with Crippen molar-refractivity contribution in [3.05, 3.63) is 41.0 Å². The van der Waals surface area contributed by atoms with Crippen LogP contribution in [0.4, 0.5) is 0 Å². The van der Waals surface area contributed by atoms with E-state index in [2.05, 4.69) is 16.0 Å². The zero-order valence-electron chi connectivity index (χ0n) is 25.1. The molecule has 4 atom stereocenters. The van der Waals surface area contributed by atoms with Crippen molar-refractivity contribution in [2.75, 3.05) is 67.5 Å². The van der Waals surface area contributed by atoms with E-state index in [1.807, 2.05) is 12.1 Å². The van der Waals surface area contributed by atoms with Crippen LogP contribution in [-0.2, 0) is 14.3 Å². The molecular formula is C31H44N4O8. The largest absolute Gasteiger partial charge is 0.502 e. The van der Waals surface area contributed by atoms with E-state index in [-0.39, 0.29) is 43.1 Å². The number of fused-ring (bicyclic) bond motifs is 2. The molecule has 1 amide bonds. The number of phenols is 1. The Morgan fingerprint density at radius 3 is 2.21 bits per heavy atom. The third-order valence-corrected chi connectivity index (χ3v) is 8.05. The number of benzene rings is 2. The molecule has 0 aromatic heterocycles. The second-order valence-corrected chi connectivity index (χ2v) is 10.7. The number of aldehydes is 1. The van der Waals surface area contributed by atoms with Gasteiger partial charge in [0.25, 0.3) is 0 Å². The van der Waals surface area contributed by atoms with Crippen LogP contribution in [0.1, 0.15) is 47.9 Å². The maximum absolute atomic E-state index is 13.2. The summed E-state index contributed by atoms with van der Waals surface area (Å²) in [5.74, 6) is -0.243. The summed E-state index contributed by atoms with van der Waals surface area (Å²) in [6, 6.07) is 6.62. The Labute approximate surface area is 252 Å². The van der Waals surface area contributed by atoms with Crippen LogP contribution < -0.4 is 40.6 Å². The van der Waals surface area contributed by atoms with Gasteiger partial charge in [0.05, 0.1) is 33.4 Å². The molecule has 0 saturated carbocycles. The van der Waals surface area contributed by atoms with Gasteiger partial charge in [0.15, 0.2) is 23.0 Å². The fourth-order valence-corrected chi connectivity index (χ4v) is 5.96. The van der Waals surface area contributed by atoms with Gasteiger partial charge in [-0.2, -0.15) is 0 Å². The van der Waals surface area contributed by atoms with Gasteiger partial charge in [0.2, 0.25) is 18.4 Å². The lowest BCUT2D eigenvalue weighted by atomic mass is 9.64. The van der Waals surface area contributed by atoms with Crippen molar-refractivity contribution >= 4 is 12.2 Å². The molecule has 4 rings (SSSR count). The van der Waals surface area contributed by atoms with E-state index in [1.54, 1.807) is 19.2 Å². The van der Waals surface area contributed by atoms with Crippen LogP contribution in [-0.4, -0.2) is 84.8 Å². The number of amides is 1. The molecule has 1 aliphatic carbocycles. The predicted octanol–water partition coefficient (Wildman–Crippen LogP) is 1.83. The molecule has 1 heterocycles. The predicted molar refractivity (Wildman–Crippen MR) is 160 cm³/mol. The summed E-state index contributed by atoms with van der Waals surface area (Å²) >= 11 is 0. The second kappa shape index (κ2) is 15.8. The average molecular weight is 601 g/mol. The van der Waals surface area contributed by atoms with E-state index < -0.39 is 23.8 Å². The van der Waals surface area contributed by atoms with Gasteiger partial charge in [0, 0.05) is 24.9 Å². The molecule has 0 spiro atoms. The van der Waals surface area contributed by atoms with Gasteiger partial charge < -0.3 is 55.3 Å². The van der Waals surface area contributed by atoms with Gasteiger partial charge >= 0.3 is 0 Å². The molecule has 43 heavy (non-hydrogen) atoms. The Hall–Kier alpha value is -3.58. The molecular weight excluding hydrogens is 556 g/mol. The van der Waals surface area contributed by atoms with Crippen LogP contribution in [0.25, 0.3) is 0 Å². The van der Waals surface area contributed by atoms with Crippen molar-refractivity contribution in [2.24, 2.45) is 17.6 Å². The topological polar surface area (TPSA) is 163 Å². The number of aromatic hydroxyl groups is 1. The number of unbranched alkanes of at least 4 members (excludes halogenated alkanes) is 1. The molecule has 2 aromatic rings. The molecule has 0 radical (unpaired) electrons. The van der Waals surface area contributed by atoms with Crippen LogP contribution >= 0.6 is 0 Å². The number of rotatable bonds is 17. The van der Waals surface area contributed by atoms with E-state index in [0.717, 1.165) is 49.8 Å². The molecule has 2 aromatic carbocycles. The highest BCUT2D eigenvalue weighted by Gasteiger charge is 2.45. The number of ether oxygens (including phenoxy) is 5. The van der Waals surface area contributed by atoms with Gasteiger partial charge in [-0.1, -0.05) is 0 Å². The number of phenolic OH excluding ortho intramolecular Hbond substituents is 1. The number of carbonyl (C=O) groups excluding carboxylic acids is 2. The van der Waals surface area contributed by atoms with Gasteiger partial charge in [0.1, 0.15) is 6.29 Å². The van der Waals surface area contributed by atoms with Gasteiger partial charge in [-0.25, -0.2) is 0 Å². The number of nitrogens with one attached hydrogen (secondary N) is 3. The van der Waals surface area contributed by atoms with Crippen LogP contribution in [0.2, 0.25) is 0 Å². The minimum absolute atomic E-state index is 0.0752. The summed E-state index contributed by atoms with van der Waals surface area (Å²) in [5.41, 5.74) is 7.81. The standard InChI is InChI=1S/C31H44N4O8/c1-39-17-23-22(16-36)29(19-11-26(40-2)31(38)27(12-19)41-3)20-13-24-25(43-18-42-24)14-21(20)30(23)35-28(37)15-34-9-5-4-8-33-10-6-7-32/h11-14,16,22-23,29-30,33-34,38H,4-10,15,17-18,32H2,1-3H3,(H,35,37)/t22?,23-,29?,30+/m0/s1. The molecule has 0 saturated heterocycles. The third-order valence-electron chi connectivity index (χ3n) is 8.05. The molecule has 0 fully saturated rings. The Balaban J connectivity index is 1.61. The average Bonchev–Trinajstić information content (AvgIpc) is 3.48. The van der Waals surface area contributed by atoms with Crippen molar-refractivity contribution < 1.29 is 38.4 Å². The Morgan fingerprint density at radius 1 is 0.977 bits per heavy atom. The van der Waals surface area contributed by atoms with Crippen molar-refractivity contribution in [3.63, 3.8) is 0 Å². The Morgan fingerprint density at radius 2 is 1.60 bits per heavy atom. The van der Waals surface area contributed by atoms with E-state index in [4.69, 9.17) is 29.4 Å². The molecule has 12 nitrogen and oxygen atoms in total. The van der Waals surface area contributed by atoms with Crippen LogP contribution in [0.5, 0.6) is 28.7 Å². The summed E-state index contributed by atoms with van der Waals surface area (Å²) in [5, 5.41) is 20.3. The second-order valence-electron chi connectivity index (χ2n) is 10.7. The molecule has 2 unspecified atom stereocenters. The van der Waals surface area contributed by atoms with Crippen molar-refractivity contribution in [2.45, 2.75) is 31.2 Å². The maximum Gasteiger partial charge on any atom is 0.234 e. The third kappa shape index (κ3) is 7.50. The highest BCUT2D eigenvalue weighted by molar-refractivity contribution is 5.79. The molecule has 0 bridgehead atoms. The lowest BCUT2D eigenvalue weighted by Gasteiger charge is -2.42. The van der Waals surface area contributed by atoms with Gasteiger partial charge in [-0.3, -0.25) is 4.79 Å². The smallest absolute Gasteiger partial charge is 0.234 e. The fraction of sp³-hybridized carbons (Fsp3) is 0.548. The van der Waals surface area contributed by atoms with E-state index >= 15 is 0 Å². The van der Waals surface area contributed by atoms with Gasteiger partial charge in [-0.05, 0) is 86.4 Å². The normalized spacial score (nSPS) is 20.4. The summed E-state index contributed by atoms with van der Waals surface area (Å²) in [7, 11) is 4.48. The first kappa shape index (κ1) is 32.3. The molecule has 236 valence electrons. The number of carbonyl (C=O) groups is 2. The summed E-state index contributed by atoms with van der Waals surface area (Å²) < 4.78 is 27.8. The van der Waals surface area contributed by atoms with Crippen molar-refractivity contribution in [1.82, 2.24) is 16.0 Å². The molecule has 6 N–H and O–H groups in total. The maximum atomic E-state index is 13.2. The first-order valence-corrected chi connectivity index (χ1v) is 14.7. The summed E-state index contributed by atoms with van der Waals surface area (Å²) in [6.07, 6.45) is 3.79. The SMILES string of the molecule is COC[C@H]1C(C=O)C(c2cc(OC)c(O)c(OC)c2)c2cc3c(cc2[C@H]1NC(=O)CNCCCCNCCCN)OCO3. The zero-order chi connectivity index (χ0) is 30.8. The fourth-order valence-electron chi connectivity index (χ4n) is 5.96. The quantitative estimate of drug-likeness (QED) is 0.133. The summed E-state index contributed by atoms with van der Waals surface area (Å²) in [4.78, 5) is 26.1. The first-order chi connectivity index (χ1) is 21.0. The highest BCUT2D eigenvalue weighted by Crippen LogP contribution is 2.53. The van der Waals surface area contributed by atoms with Crippen LogP contribution in [0.15, 0.2) is 24.3 Å². The highest BCUT2D eigenvalue weighted by atomic mass is 16.7. The zero-order valence-corrected chi connectivity index (χ0v) is 25.1. The van der Waals surface area contributed by atoms with Crippen LogP contribution in [0, 0.1) is 11.8 Å². The Kier molecular flexibility index (Phi) is 11.9. The van der Waals surface area contributed by atoms with E-state index in [1.165, 1.54) is 14.2 Å². The van der Waals surface area contributed by atoms with Crippen LogP contribution in [0.3, 0.4) is 0 Å². The molecule has 1 aliphatic heterocycles. The van der Waals surface area contributed by atoms with Crippen molar-refractivity contribution in [3.8, 4) is 28.7 Å². The Bertz CT molecular complexity index is 1220. The monoisotopic (exact) mass is 600 g/mol. The minimum atomic E-state index is -0.600. The molecule has 12 heteroatoms. The number of hydrogen-bond donors (Lipinski definition) is 5. The molecule has 2 aliphatic rings. The lowest BCUT2D eigenvalue weighted by molar-refractivity contribution is -0.123. The van der Waals surface area contributed by atoms with Gasteiger partial charge in [-0.15, -0.1) is 0 Å². The summed E-state index contributed by atoms with van der Waals surface area (Å²) in [6.45, 7) is 3.64. The van der Waals surface area contributed by atoms with Crippen molar-refractivity contribution in [1.29, 1.82) is 0 Å². The minimum Gasteiger partial charge on any atom is -0.502 e. The number of methoxy groups -OCH3 is 3. The van der Waals surface area contributed by atoms with E-state index in [9.17, 15) is 14.7 Å². The number of nitrogens with two attached hydrogens (primary N) is 1. The first-order valence-electron chi connectivity index (χ1n) is 14.7.